The van der Waals surface area contributed by atoms with E-state index in [1.165, 1.54) is 0 Å². The Morgan fingerprint density at radius 2 is 1.79 bits per heavy atom. The highest BCUT2D eigenvalue weighted by Crippen LogP contribution is 2.16. The third-order valence-electron chi connectivity index (χ3n) is 2.42. The summed E-state index contributed by atoms with van der Waals surface area (Å²) in [6, 6.07) is 17.9. The van der Waals surface area contributed by atoms with Crippen molar-refractivity contribution in [3.05, 3.63) is 60.2 Å². The molecule has 0 aromatic heterocycles. The Labute approximate surface area is 111 Å². The van der Waals surface area contributed by atoms with Gasteiger partial charge in [-0.2, -0.15) is 5.26 Å². The summed E-state index contributed by atoms with van der Waals surface area (Å²) in [6.45, 7) is -0.131. The Morgan fingerprint density at radius 3 is 2.53 bits per heavy atom. The van der Waals surface area contributed by atoms with E-state index in [4.69, 9.17) is 10.00 Å². The lowest BCUT2D eigenvalue weighted by Gasteiger charge is -2.08. The van der Waals surface area contributed by atoms with Gasteiger partial charge in [-0.3, -0.25) is 4.79 Å². The molecule has 19 heavy (non-hydrogen) atoms. The third-order valence-corrected chi connectivity index (χ3v) is 2.42. The van der Waals surface area contributed by atoms with Crippen LogP contribution in [0.25, 0.3) is 0 Å². The van der Waals surface area contributed by atoms with Gasteiger partial charge < -0.3 is 10.1 Å². The van der Waals surface area contributed by atoms with E-state index in [1.807, 2.05) is 24.3 Å². The molecule has 0 atom stereocenters. The fourth-order valence-corrected chi connectivity index (χ4v) is 1.55. The molecule has 0 radical (unpaired) electrons. The van der Waals surface area contributed by atoms with Crippen molar-refractivity contribution in [2.45, 2.75) is 0 Å². The standard InChI is InChI=1S/C15H12N2O2/c16-10-12-6-4-5-9-14(12)19-11-15(18)17-13-7-2-1-3-8-13/h1-9H,11H2,(H,17,18). The zero-order valence-electron chi connectivity index (χ0n) is 10.2. The Balaban J connectivity index is 1.92. The van der Waals surface area contributed by atoms with Crippen LogP contribution in [0.1, 0.15) is 5.56 Å². The molecular formula is C15H12N2O2. The highest BCUT2D eigenvalue weighted by molar-refractivity contribution is 5.91. The van der Waals surface area contributed by atoms with Gasteiger partial charge in [-0.25, -0.2) is 0 Å². The summed E-state index contributed by atoms with van der Waals surface area (Å²) in [7, 11) is 0. The van der Waals surface area contributed by atoms with E-state index in [1.54, 1.807) is 36.4 Å². The fourth-order valence-electron chi connectivity index (χ4n) is 1.55. The van der Waals surface area contributed by atoms with Crippen LogP contribution in [-0.2, 0) is 4.79 Å². The molecule has 2 aromatic carbocycles. The average Bonchev–Trinajstić information content (AvgIpc) is 2.46. The van der Waals surface area contributed by atoms with Gasteiger partial charge in [0.2, 0.25) is 0 Å². The normalized spacial score (nSPS) is 9.42. The van der Waals surface area contributed by atoms with E-state index in [2.05, 4.69) is 5.32 Å². The molecule has 0 spiro atoms. The zero-order valence-corrected chi connectivity index (χ0v) is 10.2. The van der Waals surface area contributed by atoms with Crippen LogP contribution in [0.15, 0.2) is 54.6 Å². The quantitative estimate of drug-likeness (QED) is 0.909. The first kappa shape index (κ1) is 12.7. The van der Waals surface area contributed by atoms with Crippen molar-refractivity contribution in [1.82, 2.24) is 0 Å². The predicted octanol–water partition coefficient (Wildman–Crippen LogP) is 2.58. The Hall–Kier alpha value is -2.80. The van der Waals surface area contributed by atoms with Crippen LogP contribution in [0.3, 0.4) is 0 Å². The van der Waals surface area contributed by atoms with Gasteiger partial charge in [0.15, 0.2) is 6.61 Å². The number of nitrogens with one attached hydrogen (secondary N) is 1. The molecule has 4 nitrogen and oxygen atoms in total. The van der Waals surface area contributed by atoms with Crippen LogP contribution in [0.5, 0.6) is 5.75 Å². The van der Waals surface area contributed by atoms with Crippen molar-refractivity contribution in [2.75, 3.05) is 11.9 Å². The number of ether oxygens (including phenoxy) is 1. The second-order valence-corrected chi connectivity index (χ2v) is 3.81. The minimum atomic E-state index is -0.265. The maximum Gasteiger partial charge on any atom is 0.262 e. The first-order valence-corrected chi connectivity index (χ1v) is 5.76. The summed E-state index contributed by atoms with van der Waals surface area (Å²) in [6.07, 6.45) is 0. The van der Waals surface area contributed by atoms with E-state index < -0.39 is 0 Å². The predicted molar refractivity (Wildman–Crippen MR) is 71.7 cm³/mol. The molecule has 0 aliphatic carbocycles. The Bertz CT molecular complexity index is 603. The minimum Gasteiger partial charge on any atom is -0.482 e. The summed E-state index contributed by atoms with van der Waals surface area (Å²) < 4.78 is 5.33. The maximum atomic E-state index is 11.7. The van der Waals surface area contributed by atoms with Gasteiger partial charge in [0.05, 0.1) is 5.56 Å². The highest BCUT2D eigenvalue weighted by Gasteiger charge is 2.06. The molecule has 1 N–H and O–H groups in total. The first-order valence-electron chi connectivity index (χ1n) is 5.76. The van der Waals surface area contributed by atoms with Crippen LogP contribution in [0.2, 0.25) is 0 Å². The summed E-state index contributed by atoms with van der Waals surface area (Å²) in [5.41, 5.74) is 1.12. The van der Waals surface area contributed by atoms with Crippen LogP contribution in [-0.4, -0.2) is 12.5 Å². The average molecular weight is 252 g/mol. The number of anilines is 1. The maximum absolute atomic E-state index is 11.7. The van der Waals surface area contributed by atoms with Crippen molar-refractivity contribution in [2.24, 2.45) is 0 Å². The molecule has 1 amide bonds. The molecule has 0 heterocycles. The Morgan fingerprint density at radius 1 is 1.11 bits per heavy atom. The number of nitriles is 1. The smallest absolute Gasteiger partial charge is 0.262 e. The van der Waals surface area contributed by atoms with Gasteiger partial charge in [-0.05, 0) is 24.3 Å². The van der Waals surface area contributed by atoms with Crippen LogP contribution >= 0.6 is 0 Å². The summed E-state index contributed by atoms with van der Waals surface area (Å²) in [4.78, 5) is 11.7. The number of carbonyl (C=O) groups is 1. The first-order chi connectivity index (χ1) is 9.29. The molecule has 94 valence electrons. The third kappa shape index (κ3) is 3.58. The van der Waals surface area contributed by atoms with E-state index in [0.29, 0.717) is 17.0 Å². The minimum absolute atomic E-state index is 0.131. The second kappa shape index (κ2) is 6.22. The van der Waals surface area contributed by atoms with Crippen molar-refractivity contribution < 1.29 is 9.53 Å². The molecule has 0 aliphatic heterocycles. The second-order valence-electron chi connectivity index (χ2n) is 3.81. The lowest BCUT2D eigenvalue weighted by Crippen LogP contribution is -2.20. The largest absolute Gasteiger partial charge is 0.482 e. The van der Waals surface area contributed by atoms with E-state index in [0.717, 1.165) is 0 Å². The van der Waals surface area contributed by atoms with Crippen LogP contribution < -0.4 is 10.1 Å². The molecular weight excluding hydrogens is 240 g/mol. The van der Waals surface area contributed by atoms with E-state index >= 15 is 0 Å². The molecule has 0 saturated heterocycles. The molecule has 0 saturated carbocycles. The SMILES string of the molecule is N#Cc1ccccc1OCC(=O)Nc1ccccc1. The van der Waals surface area contributed by atoms with Gasteiger partial charge in [-0.15, -0.1) is 0 Å². The van der Waals surface area contributed by atoms with Crippen LogP contribution in [0.4, 0.5) is 5.69 Å². The molecule has 2 rings (SSSR count). The molecule has 0 bridgehead atoms. The molecule has 0 unspecified atom stereocenters. The van der Waals surface area contributed by atoms with Gasteiger partial charge >= 0.3 is 0 Å². The molecule has 4 heteroatoms. The lowest BCUT2D eigenvalue weighted by molar-refractivity contribution is -0.118. The molecule has 2 aromatic rings. The zero-order chi connectivity index (χ0) is 13.5. The number of benzene rings is 2. The van der Waals surface area contributed by atoms with Gasteiger partial charge in [0, 0.05) is 5.69 Å². The fraction of sp³-hybridized carbons (Fsp3) is 0.0667. The summed E-state index contributed by atoms with van der Waals surface area (Å²) >= 11 is 0. The summed E-state index contributed by atoms with van der Waals surface area (Å²) in [5.74, 6) is 0.146. The number of para-hydroxylation sites is 2. The highest BCUT2D eigenvalue weighted by atomic mass is 16.5. The molecule has 0 aliphatic rings. The number of nitrogens with zero attached hydrogens (tertiary/aromatic N) is 1. The van der Waals surface area contributed by atoms with Crippen molar-refractivity contribution in [3.8, 4) is 11.8 Å². The van der Waals surface area contributed by atoms with Crippen molar-refractivity contribution in [3.63, 3.8) is 0 Å². The summed E-state index contributed by atoms with van der Waals surface area (Å²) in [5, 5.41) is 11.6. The van der Waals surface area contributed by atoms with Crippen LogP contribution in [0, 0.1) is 11.3 Å². The lowest BCUT2D eigenvalue weighted by atomic mass is 10.2. The Kier molecular flexibility index (Phi) is 4.14. The van der Waals surface area contributed by atoms with Crippen molar-refractivity contribution >= 4 is 11.6 Å². The number of amides is 1. The topological polar surface area (TPSA) is 62.1 Å². The van der Waals surface area contributed by atoms with Gasteiger partial charge in [0.25, 0.3) is 5.91 Å². The van der Waals surface area contributed by atoms with Gasteiger partial charge in [-0.1, -0.05) is 30.3 Å². The number of hydrogen-bond donors (Lipinski definition) is 1. The van der Waals surface area contributed by atoms with E-state index in [-0.39, 0.29) is 12.5 Å². The number of hydrogen-bond acceptors (Lipinski definition) is 3. The monoisotopic (exact) mass is 252 g/mol. The number of rotatable bonds is 4. The van der Waals surface area contributed by atoms with Gasteiger partial charge in [0.1, 0.15) is 11.8 Å². The number of carbonyl (C=O) groups excluding carboxylic acids is 1. The van der Waals surface area contributed by atoms with E-state index in [9.17, 15) is 4.79 Å². The van der Waals surface area contributed by atoms with Crippen molar-refractivity contribution in [1.29, 1.82) is 5.26 Å². The molecule has 0 fully saturated rings.